The van der Waals surface area contributed by atoms with Gasteiger partial charge < -0.3 is 0 Å². The van der Waals surface area contributed by atoms with Crippen molar-refractivity contribution in [2.75, 3.05) is 6.16 Å². The summed E-state index contributed by atoms with van der Waals surface area (Å²) in [6, 6.07) is 7.35. The van der Waals surface area contributed by atoms with Gasteiger partial charge in [-0.2, -0.15) is 0 Å². The van der Waals surface area contributed by atoms with Gasteiger partial charge >= 0.3 is 161 Å². The second kappa shape index (κ2) is 10.8. The molecule has 0 amide bonds. The van der Waals surface area contributed by atoms with Gasteiger partial charge in [0.2, 0.25) is 0 Å². The van der Waals surface area contributed by atoms with E-state index in [9.17, 15) is 14.7 Å². The molecule has 0 aliphatic rings. The van der Waals surface area contributed by atoms with Crippen LogP contribution in [0.1, 0.15) is 84.6 Å². The van der Waals surface area contributed by atoms with E-state index in [2.05, 4.69) is 27.7 Å². The molecule has 152 valence electrons. The summed E-state index contributed by atoms with van der Waals surface area (Å²) in [5, 5.41) is 0.381. The van der Waals surface area contributed by atoms with E-state index in [0.29, 0.717) is 17.6 Å². The second-order valence-electron chi connectivity index (χ2n) is 8.74. The van der Waals surface area contributed by atoms with Gasteiger partial charge in [-0.15, -0.1) is 0 Å². The third-order valence-electron chi connectivity index (χ3n) is 5.06. The molecule has 0 atom stereocenters. The molecule has 3 nitrogen and oxygen atoms in total. The van der Waals surface area contributed by atoms with Crippen molar-refractivity contribution in [2.45, 2.75) is 85.5 Å². The minimum absolute atomic E-state index is 0.0774. The number of rotatable bonds is 13. The first kappa shape index (κ1) is 23.6. The molecule has 0 aliphatic heterocycles. The van der Waals surface area contributed by atoms with Gasteiger partial charge in [-0.25, -0.2) is 0 Å². The summed E-state index contributed by atoms with van der Waals surface area (Å²) in [6.07, 6.45) is 9.26. The van der Waals surface area contributed by atoms with Crippen molar-refractivity contribution in [3.8, 4) is 0 Å². The van der Waals surface area contributed by atoms with Gasteiger partial charge in [-0.05, 0) is 0 Å². The van der Waals surface area contributed by atoms with Gasteiger partial charge in [0.05, 0.1) is 0 Å². The molecule has 0 radical (unpaired) electrons. The van der Waals surface area contributed by atoms with Crippen LogP contribution in [0, 0.1) is 11.8 Å². The third kappa shape index (κ3) is 8.95. The molecule has 0 fully saturated rings. The molecule has 0 bridgehead atoms. The topological polar surface area (TPSA) is 60.7 Å². The Hall–Kier alpha value is -0.470. The van der Waals surface area contributed by atoms with E-state index >= 15 is 0 Å². The van der Waals surface area contributed by atoms with Crippen LogP contribution in [-0.4, -0.2) is 20.8 Å². The van der Waals surface area contributed by atoms with Crippen molar-refractivity contribution in [3.05, 3.63) is 29.8 Å². The Morgan fingerprint density at radius 3 is 1.85 bits per heavy atom. The van der Waals surface area contributed by atoms with Gasteiger partial charge in [-0.1, -0.05) is 0 Å². The maximum atomic E-state index is 10.8. The first-order valence-corrected chi connectivity index (χ1v) is 12.7. The first-order chi connectivity index (χ1) is 12.1. The molecule has 1 aromatic rings. The zero-order valence-corrected chi connectivity index (χ0v) is 18.2. The summed E-state index contributed by atoms with van der Waals surface area (Å²) >= 11 is 0. The fourth-order valence-corrected chi connectivity index (χ4v) is 5.68. The van der Waals surface area contributed by atoms with Crippen LogP contribution in [0.4, 0.5) is 0 Å². The molecule has 26 heavy (non-hydrogen) atoms. The van der Waals surface area contributed by atoms with Crippen LogP contribution in [0.3, 0.4) is 0 Å². The number of unbranched alkanes of at least 4 members (excludes halogenated alkanes) is 4. The SMILES string of the molecule is CC(C)CCCCCc1ccccc1P(O)(O)(O)CCCCCC(C)C. The molecule has 1 rings (SSSR count). The molecular formula is C22H41O3P. The van der Waals surface area contributed by atoms with Crippen molar-refractivity contribution in [2.24, 2.45) is 11.8 Å². The first-order valence-electron chi connectivity index (χ1n) is 10.4. The van der Waals surface area contributed by atoms with Crippen molar-refractivity contribution >= 4 is 12.6 Å². The van der Waals surface area contributed by atoms with E-state index in [4.69, 9.17) is 0 Å². The van der Waals surface area contributed by atoms with Gasteiger partial charge in [0, 0.05) is 0 Å². The summed E-state index contributed by atoms with van der Waals surface area (Å²) in [5.74, 6) is 1.40. The molecule has 0 saturated carbocycles. The van der Waals surface area contributed by atoms with Crippen LogP contribution in [-0.2, 0) is 6.42 Å². The normalized spacial score (nSPS) is 14.0. The second-order valence-corrected chi connectivity index (χ2v) is 12.0. The van der Waals surface area contributed by atoms with E-state index in [0.717, 1.165) is 50.0 Å². The fraction of sp³-hybridized carbons (Fsp3) is 0.727. The van der Waals surface area contributed by atoms with E-state index in [1.807, 2.05) is 12.1 Å². The molecule has 3 N–H and O–H groups in total. The molecule has 4 heteroatoms. The van der Waals surface area contributed by atoms with Gasteiger partial charge in [0.1, 0.15) is 0 Å². The van der Waals surface area contributed by atoms with Crippen molar-refractivity contribution in [1.29, 1.82) is 0 Å². The number of aryl methyl sites for hydroxylation is 1. The summed E-state index contributed by atoms with van der Waals surface area (Å²) in [6.45, 7) is 8.87. The van der Waals surface area contributed by atoms with E-state index < -0.39 is 7.28 Å². The Morgan fingerprint density at radius 1 is 0.731 bits per heavy atom. The molecule has 0 aromatic heterocycles. The van der Waals surface area contributed by atoms with Gasteiger partial charge in [0.15, 0.2) is 0 Å². The molecule has 0 heterocycles. The average molecular weight is 385 g/mol. The standard InChI is InChI=1S/C22H41O3P/c1-19(2)13-7-5-9-15-21-16-10-11-17-22(21)26(23,24,25)18-12-6-8-14-20(3)4/h10-11,16-17,19-20,23-25H,5-9,12-15,18H2,1-4H3. The summed E-state index contributed by atoms with van der Waals surface area (Å²) in [5.41, 5.74) is 0.893. The van der Waals surface area contributed by atoms with Crippen LogP contribution in [0.5, 0.6) is 0 Å². The van der Waals surface area contributed by atoms with Crippen molar-refractivity contribution in [3.63, 3.8) is 0 Å². The zero-order chi connectivity index (χ0) is 19.7. The number of hydrogen-bond acceptors (Lipinski definition) is 3. The molecule has 0 spiro atoms. The molecule has 0 aliphatic carbocycles. The Balaban J connectivity index is 2.63. The van der Waals surface area contributed by atoms with Gasteiger partial charge in [-0.3, -0.25) is 0 Å². The van der Waals surface area contributed by atoms with Crippen LogP contribution in [0.25, 0.3) is 0 Å². The number of benzene rings is 1. The Kier molecular flexibility index (Phi) is 9.75. The van der Waals surface area contributed by atoms with E-state index in [-0.39, 0.29) is 6.16 Å². The van der Waals surface area contributed by atoms with Crippen LogP contribution in [0.15, 0.2) is 24.3 Å². The van der Waals surface area contributed by atoms with E-state index in [1.165, 1.54) is 12.8 Å². The van der Waals surface area contributed by atoms with E-state index in [1.54, 1.807) is 12.1 Å². The van der Waals surface area contributed by atoms with Crippen molar-refractivity contribution < 1.29 is 14.7 Å². The van der Waals surface area contributed by atoms with Crippen LogP contribution < -0.4 is 5.30 Å². The molecule has 0 unspecified atom stereocenters. The average Bonchev–Trinajstić information content (AvgIpc) is 2.53. The summed E-state index contributed by atoms with van der Waals surface area (Å²) < 4.78 is 0. The Morgan fingerprint density at radius 2 is 1.27 bits per heavy atom. The Labute approximate surface area is 161 Å². The predicted octanol–water partition coefficient (Wildman–Crippen LogP) is 5.56. The maximum absolute atomic E-state index is 10.8. The molecule has 0 saturated heterocycles. The third-order valence-corrected chi connectivity index (χ3v) is 7.63. The van der Waals surface area contributed by atoms with Crippen molar-refractivity contribution in [1.82, 2.24) is 0 Å². The fourth-order valence-electron chi connectivity index (χ4n) is 3.47. The molecule has 1 aromatic carbocycles. The monoisotopic (exact) mass is 384 g/mol. The predicted molar refractivity (Wildman–Crippen MR) is 115 cm³/mol. The quantitative estimate of drug-likeness (QED) is 0.308. The minimum atomic E-state index is -4.77. The Bertz CT molecular complexity index is 518. The summed E-state index contributed by atoms with van der Waals surface area (Å²) in [7, 11) is -4.77. The molecular weight excluding hydrogens is 343 g/mol. The van der Waals surface area contributed by atoms with Crippen LogP contribution >= 0.6 is 7.28 Å². The van der Waals surface area contributed by atoms with Gasteiger partial charge in [0.25, 0.3) is 0 Å². The number of hydrogen-bond donors (Lipinski definition) is 3. The summed E-state index contributed by atoms with van der Waals surface area (Å²) in [4.78, 5) is 32.3. The zero-order valence-electron chi connectivity index (χ0n) is 17.3. The van der Waals surface area contributed by atoms with Crippen LogP contribution in [0.2, 0.25) is 0 Å².